The molecule has 0 aliphatic carbocycles. The van der Waals surface area contributed by atoms with Gasteiger partial charge in [0.1, 0.15) is 11.6 Å². The first-order chi connectivity index (χ1) is 33.5. The van der Waals surface area contributed by atoms with Crippen LogP contribution in [0.1, 0.15) is 115 Å². The third-order valence-electron chi connectivity index (χ3n) is 14.1. The van der Waals surface area contributed by atoms with E-state index in [4.69, 9.17) is 0 Å². The molecule has 5 aliphatic rings. The summed E-state index contributed by atoms with van der Waals surface area (Å²) < 4.78 is 64.8. The Morgan fingerprint density at radius 3 is 1.48 bits per heavy atom. The highest BCUT2D eigenvalue weighted by Crippen LogP contribution is 2.40. The lowest BCUT2D eigenvalue weighted by Crippen LogP contribution is -2.40. The highest BCUT2D eigenvalue weighted by atomic mass is 19.4. The standard InChI is InChI=1S/C12H14F3NO.C12H14N2.2C11H14FN.C11H15N/c13-12(14,15)10-4-2-1-3-9(10)11(17)5-7-16-8-6-11;13-10-12(6-8-14-9-7-12)11-4-2-1-3-5-11;12-11-3-1-2-10(8-11)9-4-6-13-7-5-9;12-11-4-2-1-3-10(11)9-5-7-13-8-6-9;1-2-4-10(5-3-1)11-6-8-12-9-7-11/h1-4,16-17H,5-8H2;1-5,14H,6-9H2;1-3,8-9,13H,4-7H2;1-4,9,13H,5-8H2;1-5,11-12H,6-9H2. The van der Waals surface area contributed by atoms with E-state index in [1.807, 2.05) is 36.4 Å². The molecule has 0 amide bonds. The van der Waals surface area contributed by atoms with Crippen molar-refractivity contribution in [2.24, 2.45) is 0 Å². The fraction of sp³-hybridized carbons (Fsp3) is 0.456. The minimum absolute atomic E-state index is 0.00556. The zero-order chi connectivity index (χ0) is 48.8. The molecular formula is C57H71F5N6O. The number of nitriles is 1. The zero-order valence-electron chi connectivity index (χ0n) is 39.9. The Bertz CT molecular complexity index is 2260. The van der Waals surface area contributed by atoms with Crippen LogP contribution in [0.4, 0.5) is 22.0 Å². The summed E-state index contributed by atoms with van der Waals surface area (Å²) in [6.45, 7) is 9.45. The third-order valence-corrected chi connectivity index (χ3v) is 14.1. The van der Waals surface area contributed by atoms with Crippen LogP contribution in [0.15, 0.2) is 133 Å². The SMILES string of the molecule is Fc1cccc(C2CCNCC2)c1.Fc1ccccc1C1CCNCC1.N#CC1(c2ccccc2)CCNCC1.OC1(c2ccccc2C(F)(F)F)CCNCC1.c1ccc(C2CCNCC2)cc1. The van der Waals surface area contributed by atoms with Gasteiger partial charge in [-0.2, -0.15) is 18.4 Å². The lowest BCUT2D eigenvalue weighted by atomic mass is 9.74. The third kappa shape index (κ3) is 16.3. The van der Waals surface area contributed by atoms with Gasteiger partial charge in [-0.25, -0.2) is 8.78 Å². The number of hydrogen-bond acceptors (Lipinski definition) is 7. The van der Waals surface area contributed by atoms with Gasteiger partial charge in [-0.05, 0) is 199 Å². The maximum absolute atomic E-state index is 13.4. The van der Waals surface area contributed by atoms with Crippen molar-refractivity contribution in [3.63, 3.8) is 0 Å². The number of benzene rings is 5. The number of rotatable bonds is 5. The summed E-state index contributed by atoms with van der Waals surface area (Å²) in [6, 6.07) is 42.9. The number of halogens is 5. The lowest BCUT2D eigenvalue weighted by molar-refractivity contribution is -0.141. The molecule has 0 saturated carbocycles. The first kappa shape index (κ1) is 53.4. The molecule has 5 saturated heterocycles. The molecule has 370 valence electrons. The number of hydrogen-bond donors (Lipinski definition) is 6. The van der Waals surface area contributed by atoms with Crippen molar-refractivity contribution in [3.05, 3.63) is 178 Å². The summed E-state index contributed by atoms with van der Waals surface area (Å²) in [7, 11) is 0. The summed E-state index contributed by atoms with van der Waals surface area (Å²) in [5.74, 6) is 1.61. The fourth-order valence-electron chi connectivity index (χ4n) is 10.1. The monoisotopic (exact) mass is 951 g/mol. The topological polar surface area (TPSA) is 104 Å². The van der Waals surface area contributed by atoms with E-state index in [0.29, 0.717) is 37.8 Å². The number of nitrogens with one attached hydrogen (secondary N) is 5. The molecule has 0 spiro atoms. The summed E-state index contributed by atoms with van der Waals surface area (Å²) in [5, 5.41) is 36.0. The van der Waals surface area contributed by atoms with Crippen molar-refractivity contribution in [1.82, 2.24) is 26.6 Å². The number of alkyl halides is 3. The molecule has 0 atom stereocenters. The summed E-state index contributed by atoms with van der Waals surface area (Å²) in [6.07, 6.45) is 5.00. The van der Waals surface area contributed by atoms with Gasteiger partial charge >= 0.3 is 6.18 Å². The van der Waals surface area contributed by atoms with Crippen molar-refractivity contribution >= 4 is 0 Å². The molecule has 0 unspecified atom stereocenters. The molecule has 69 heavy (non-hydrogen) atoms. The second kappa shape index (κ2) is 27.4. The van der Waals surface area contributed by atoms with Crippen LogP contribution in [-0.2, 0) is 17.2 Å². The Labute approximate surface area is 406 Å². The minimum atomic E-state index is -4.42. The van der Waals surface area contributed by atoms with E-state index in [1.54, 1.807) is 24.3 Å². The number of aliphatic hydroxyl groups is 1. The van der Waals surface area contributed by atoms with Gasteiger partial charge in [-0.15, -0.1) is 0 Å². The predicted octanol–water partition coefficient (Wildman–Crippen LogP) is 10.8. The summed E-state index contributed by atoms with van der Waals surface area (Å²) >= 11 is 0. The molecular weight excluding hydrogens is 880 g/mol. The maximum Gasteiger partial charge on any atom is 0.416 e. The van der Waals surface area contributed by atoms with Gasteiger partial charge in [-0.1, -0.05) is 109 Å². The van der Waals surface area contributed by atoms with Crippen molar-refractivity contribution in [2.45, 2.75) is 99.2 Å². The van der Waals surface area contributed by atoms with Gasteiger partial charge in [0.2, 0.25) is 0 Å². The van der Waals surface area contributed by atoms with Gasteiger partial charge in [0.25, 0.3) is 0 Å². The van der Waals surface area contributed by atoms with Crippen LogP contribution in [0.3, 0.4) is 0 Å². The molecule has 0 bridgehead atoms. The van der Waals surface area contributed by atoms with E-state index in [1.165, 1.54) is 61.3 Å². The van der Waals surface area contributed by atoms with Gasteiger partial charge in [0, 0.05) is 0 Å². The molecule has 0 aromatic heterocycles. The highest BCUT2D eigenvalue weighted by molar-refractivity contribution is 5.35. The Morgan fingerprint density at radius 1 is 0.493 bits per heavy atom. The van der Waals surface area contributed by atoms with Crippen LogP contribution in [0.2, 0.25) is 0 Å². The largest absolute Gasteiger partial charge is 0.416 e. The Hall–Kier alpha value is -5.00. The number of nitrogens with zero attached hydrogens (tertiary/aromatic N) is 1. The van der Waals surface area contributed by atoms with Crippen LogP contribution in [0, 0.1) is 23.0 Å². The Morgan fingerprint density at radius 2 is 0.942 bits per heavy atom. The van der Waals surface area contributed by atoms with Crippen molar-refractivity contribution in [2.75, 3.05) is 65.4 Å². The fourth-order valence-corrected chi connectivity index (χ4v) is 10.1. The van der Waals surface area contributed by atoms with Crippen LogP contribution in [0.5, 0.6) is 0 Å². The summed E-state index contributed by atoms with van der Waals surface area (Å²) in [5.41, 5.74) is 2.39. The molecule has 5 aromatic carbocycles. The van der Waals surface area contributed by atoms with Crippen molar-refractivity contribution in [3.8, 4) is 6.07 Å². The molecule has 10 rings (SSSR count). The number of piperidine rings is 5. The molecule has 5 heterocycles. The molecule has 12 heteroatoms. The van der Waals surface area contributed by atoms with Gasteiger partial charge in [0.05, 0.1) is 22.6 Å². The van der Waals surface area contributed by atoms with Crippen LogP contribution < -0.4 is 26.6 Å². The van der Waals surface area contributed by atoms with Crippen molar-refractivity contribution < 1.29 is 27.1 Å². The predicted molar refractivity (Wildman–Crippen MR) is 267 cm³/mol. The van der Waals surface area contributed by atoms with Gasteiger partial charge in [-0.3, -0.25) is 0 Å². The van der Waals surface area contributed by atoms with E-state index in [0.717, 1.165) is 101 Å². The second-order valence-electron chi connectivity index (χ2n) is 18.7. The van der Waals surface area contributed by atoms with E-state index >= 15 is 0 Å². The van der Waals surface area contributed by atoms with E-state index in [-0.39, 0.29) is 22.6 Å². The minimum Gasteiger partial charge on any atom is -0.385 e. The molecule has 5 aromatic rings. The second-order valence-corrected chi connectivity index (χ2v) is 18.7. The van der Waals surface area contributed by atoms with Gasteiger partial charge < -0.3 is 31.7 Å². The Balaban J connectivity index is 0.000000142. The summed E-state index contributed by atoms with van der Waals surface area (Å²) in [4.78, 5) is 0. The average Bonchev–Trinajstić information content (AvgIpc) is 3.41. The van der Waals surface area contributed by atoms with E-state index in [9.17, 15) is 32.3 Å². The Kier molecular flexibility index (Phi) is 21.2. The molecule has 5 fully saturated rings. The molecule has 0 radical (unpaired) electrons. The van der Waals surface area contributed by atoms with Crippen LogP contribution in [-0.4, -0.2) is 70.6 Å². The lowest BCUT2D eigenvalue weighted by Gasteiger charge is -2.34. The quantitative estimate of drug-likeness (QED) is 0.0976. The zero-order valence-corrected chi connectivity index (χ0v) is 39.9. The van der Waals surface area contributed by atoms with E-state index < -0.39 is 17.3 Å². The average molecular weight is 951 g/mol. The normalized spacial score (nSPS) is 19.5. The van der Waals surface area contributed by atoms with Crippen molar-refractivity contribution in [1.29, 1.82) is 5.26 Å². The molecule has 7 nitrogen and oxygen atoms in total. The van der Waals surface area contributed by atoms with Crippen LogP contribution >= 0.6 is 0 Å². The first-order valence-electron chi connectivity index (χ1n) is 25.0. The molecule has 6 N–H and O–H groups in total. The van der Waals surface area contributed by atoms with Gasteiger partial charge in [0.15, 0.2) is 0 Å². The van der Waals surface area contributed by atoms with E-state index in [2.05, 4.69) is 75.1 Å². The molecule has 5 aliphatic heterocycles. The first-order valence-corrected chi connectivity index (χ1v) is 25.0. The highest BCUT2D eigenvalue weighted by Gasteiger charge is 2.41. The van der Waals surface area contributed by atoms with Crippen LogP contribution in [0.25, 0.3) is 0 Å². The smallest absolute Gasteiger partial charge is 0.385 e. The maximum atomic E-state index is 13.4.